The zero-order chi connectivity index (χ0) is 13.3. The van der Waals surface area contributed by atoms with E-state index in [1.807, 2.05) is 6.92 Å². The Labute approximate surface area is 108 Å². The number of nitrogens with zero attached hydrogens (tertiary/aromatic N) is 2. The van der Waals surface area contributed by atoms with Gasteiger partial charge in [-0.1, -0.05) is 6.92 Å². The third-order valence-corrected chi connectivity index (χ3v) is 3.86. The first-order valence-corrected chi connectivity index (χ1v) is 6.63. The minimum Gasteiger partial charge on any atom is -0.480 e. The molecule has 1 aliphatic rings. The highest BCUT2D eigenvalue weighted by atomic mass is 32.1. The summed E-state index contributed by atoms with van der Waals surface area (Å²) < 4.78 is 0. The molecule has 0 aromatic carbocycles. The number of carbonyl (C=O) groups is 2. The summed E-state index contributed by atoms with van der Waals surface area (Å²) in [4.78, 5) is 28.8. The van der Waals surface area contributed by atoms with Crippen LogP contribution in [0, 0.1) is 5.92 Å². The van der Waals surface area contributed by atoms with Crippen LogP contribution >= 0.6 is 11.3 Å². The average molecular weight is 269 g/mol. The maximum absolute atomic E-state index is 12.2. The van der Waals surface area contributed by atoms with Crippen molar-refractivity contribution in [2.24, 2.45) is 5.92 Å². The standard InChI is InChI=1S/C11H15N3O3S/c1-6-3-2-4-14(8(6)10(16)17)9(15)7-5-18-11(12)13-7/h5-6,8H,2-4H2,1H3,(H2,12,13)(H,16,17). The first-order chi connectivity index (χ1) is 8.50. The maximum Gasteiger partial charge on any atom is 0.326 e. The molecule has 1 amide bonds. The van der Waals surface area contributed by atoms with Crippen LogP contribution in [0.1, 0.15) is 30.3 Å². The molecule has 0 saturated carbocycles. The SMILES string of the molecule is CC1CCCN(C(=O)c2csc(N)n2)C1C(=O)O. The number of carboxylic acid groups (broad SMARTS) is 1. The van der Waals surface area contributed by atoms with Crippen molar-refractivity contribution in [1.29, 1.82) is 0 Å². The zero-order valence-corrected chi connectivity index (χ0v) is 10.8. The van der Waals surface area contributed by atoms with Crippen LogP contribution in [0.5, 0.6) is 0 Å². The number of hydrogen-bond acceptors (Lipinski definition) is 5. The molecule has 2 atom stereocenters. The monoisotopic (exact) mass is 269 g/mol. The summed E-state index contributed by atoms with van der Waals surface area (Å²) in [5.74, 6) is -1.35. The van der Waals surface area contributed by atoms with Gasteiger partial charge in [0, 0.05) is 11.9 Å². The molecule has 0 radical (unpaired) electrons. The number of aromatic nitrogens is 1. The highest BCUT2D eigenvalue weighted by Gasteiger charge is 2.37. The second-order valence-electron chi connectivity index (χ2n) is 4.47. The number of aliphatic carboxylic acids is 1. The number of nitrogens with two attached hydrogens (primary N) is 1. The number of amides is 1. The van der Waals surface area contributed by atoms with Crippen molar-refractivity contribution >= 4 is 28.3 Å². The summed E-state index contributed by atoms with van der Waals surface area (Å²) in [6.07, 6.45) is 1.64. The quantitative estimate of drug-likeness (QED) is 0.836. The lowest BCUT2D eigenvalue weighted by molar-refractivity contribution is -0.145. The molecule has 3 N–H and O–H groups in total. The molecule has 2 unspecified atom stereocenters. The summed E-state index contributed by atoms with van der Waals surface area (Å²) in [5.41, 5.74) is 5.72. The third kappa shape index (κ3) is 2.31. The van der Waals surface area contributed by atoms with Gasteiger partial charge in [0.15, 0.2) is 5.13 Å². The minimum absolute atomic E-state index is 0.0452. The molecule has 0 spiro atoms. The Balaban J connectivity index is 2.24. The maximum atomic E-state index is 12.2. The second kappa shape index (κ2) is 4.93. The van der Waals surface area contributed by atoms with E-state index in [-0.39, 0.29) is 17.5 Å². The highest BCUT2D eigenvalue weighted by molar-refractivity contribution is 7.13. The smallest absolute Gasteiger partial charge is 0.326 e. The largest absolute Gasteiger partial charge is 0.480 e. The van der Waals surface area contributed by atoms with Crippen molar-refractivity contribution in [3.63, 3.8) is 0 Å². The highest BCUT2D eigenvalue weighted by Crippen LogP contribution is 2.25. The Morgan fingerprint density at radius 1 is 1.61 bits per heavy atom. The van der Waals surface area contributed by atoms with Crippen molar-refractivity contribution in [2.45, 2.75) is 25.8 Å². The predicted molar refractivity (Wildman–Crippen MR) is 67.4 cm³/mol. The zero-order valence-electron chi connectivity index (χ0n) is 10.00. The van der Waals surface area contributed by atoms with Gasteiger partial charge in [0.1, 0.15) is 11.7 Å². The van der Waals surface area contributed by atoms with Crippen molar-refractivity contribution < 1.29 is 14.7 Å². The second-order valence-corrected chi connectivity index (χ2v) is 5.36. The van der Waals surface area contributed by atoms with E-state index in [0.717, 1.165) is 12.8 Å². The van der Waals surface area contributed by atoms with Gasteiger partial charge in [-0.2, -0.15) is 0 Å². The molecule has 1 fully saturated rings. The number of thiazole rings is 1. The molecule has 1 aliphatic heterocycles. The number of rotatable bonds is 2. The van der Waals surface area contributed by atoms with Crippen LogP contribution in [0.2, 0.25) is 0 Å². The number of nitrogen functional groups attached to an aromatic ring is 1. The number of hydrogen-bond donors (Lipinski definition) is 2. The van der Waals surface area contributed by atoms with E-state index in [1.165, 1.54) is 16.2 Å². The number of likely N-dealkylation sites (tertiary alicyclic amines) is 1. The Kier molecular flexibility index (Phi) is 3.51. The predicted octanol–water partition coefficient (Wildman–Crippen LogP) is 1.05. The van der Waals surface area contributed by atoms with Crippen LogP contribution < -0.4 is 5.73 Å². The van der Waals surface area contributed by atoms with Gasteiger partial charge < -0.3 is 15.7 Å². The first-order valence-electron chi connectivity index (χ1n) is 5.75. The van der Waals surface area contributed by atoms with E-state index in [9.17, 15) is 14.7 Å². The fourth-order valence-corrected chi connectivity index (χ4v) is 2.86. The van der Waals surface area contributed by atoms with E-state index in [0.29, 0.717) is 11.7 Å². The molecule has 6 nitrogen and oxygen atoms in total. The normalized spacial score (nSPS) is 23.9. The Morgan fingerprint density at radius 2 is 2.33 bits per heavy atom. The Morgan fingerprint density at radius 3 is 2.89 bits per heavy atom. The summed E-state index contributed by atoms with van der Waals surface area (Å²) in [6.45, 7) is 2.31. The summed E-state index contributed by atoms with van der Waals surface area (Å²) in [5, 5.41) is 11.1. The van der Waals surface area contributed by atoms with E-state index >= 15 is 0 Å². The first kappa shape index (κ1) is 12.8. The van der Waals surface area contributed by atoms with Gasteiger partial charge in [-0.3, -0.25) is 4.79 Å². The van der Waals surface area contributed by atoms with Gasteiger partial charge >= 0.3 is 5.97 Å². The fraction of sp³-hybridized carbons (Fsp3) is 0.545. The molecule has 2 heterocycles. The topological polar surface area (TPSA) is 96.5 Å². The van der Waals surface area contributed by atoms with Crippen LogP contribution in [0.3, 0.4) is 0 Å². The number of carboxylic acids is 1. The summed E-state index contributed by atoms with van der Waals surface area (Å²) in [6, 6.07) is -0.769. The van der Waals surface area contributed by atoms with Crippen molar-refractivity contribution in [2.75, 3.05) is 12.3 Å². The molecule has 7 heteroatoms. The number of piperidine rings is 1. The van der Waals surface area contributed by atoms with Crippen molar-refractivity contribution in [1.82, 2.24) is 9.88 Å². The van der Waals surface area contributed by atoms with E-state index in [4.69, 9.17) is 5.73 Å². The fourth-order valence-electron chi connectivity index (χ4n) is 2.33. The molecule has 2 rings (SSSR count). The van der Waals surface area contributed by atoms with Crippen molar-refractivity contribution in [3.05, 3.63) is 11.1 Å². The lowest BCUT2D eigenvalue weighted by Crippen LogP contribution is -2.52. The van der Waals surface area contributed by atoms with Crippen LogP contribution in [0.15, 0.2) is 5.38 Å². The van der Waals surface area contributed by atoms with E-state index < -0.39 is 12.0 Å². The van der Waals surface area contributed by atoms with Gasteiger partial charge in [0.25, 0.3) is 5.91 Å². The van der Waals surface area contributed by atoms with Gasteiger partial charge in [-0.05, 0) is 18.8 Å². The van der Waals surface area contributed by atoms with Crippen LogP contribution in [-0.4, -0.2) is 39.5 Å². The Bertz CT molecular complexity index is 474. The lowest BCUT2D eigenvalue weighted by Gasteiger charge is -2.36. The minimum atomic E-state index is -0.959. The molecular weight excluding hydrogens is 254 g/mol. The van der Waals surface area contributed by atoms with Gasteiger partial charge in [-0.15, -0.1) is 11.3 Å². The van der Waals surface area contributed by atoms with Gasteiger partial charge in [-0.25, -0.2) is 9.78 Å². The lowest BCUT2D eigenvalue weighted by atomic mass is 9.90. The van der Waals surface area contributed by atoms with Crippen LogP contribution in [0.25, 0.3) is 0 Å². The molecule has 1 saturated heterocycles. The summed E-state index contributed by atoms with van der Waals surface area (Å²) in [7, 11) is 0. The molecule has 0 bridgehead atoms. The van der Waals surface area contributed by atoms with Crippen molar-refractivity contribution in [3.8, 4) is 0 Å². The molecule has 18 heavy (non-hydrogen) atoms. The van der Waals surface area contributed by atoms with Crippen LogP contribution in [0.4, 0.5) is 5.13 Å². The molecule has 98 valence electrons. The molecular formula is C11H15N3O3S. The number of anilines is 1. The average Bonchev–Trinajstić information content (AvgIpc) is 2.74. The number of carbonyl (C=O) groups excluding carboxylic acids is 1. The Hall–Kier alpha value is -1.63. The van der Waals surface area contributed by atoms with Gasteiger partial charge in [0.2, 0.25) is 0 Å². The molecule has 0 aliphatic carbocycles. The van der Waals surface area contributed by atoms with E-state index in [1.54, 1.807) is 5.38 Å². The molecule has 1 aromatic heterocycles. The summed E-state index contributed by atoms with van der Waals surface area (Å²) >= 11 is 1.18. The third-order valence-electron chi connectivity index (χ3n) is 3.19. The van der Waals surface area contributed by atoms with E-state index in [2.05, 4.69) is 4.98 Å². The van der Waals surface area contributed by atoms with Gasteiger partial charge in [0.05, 0.1) is 0 Å². The molecule has 1 aromatic rings. The van der Waals surface area contributed by atoms with Crippen LogP contribution in [-0.2, 0) is 4.79 Å².